The van der Waals surface area contributed by atoms with Crippen LogP contribution in [0.5, 0.6) is 0 Å². The highest BCUT2D eigenvalue weighted by atomic mass is 35.5. The van der Waals surface area contributed by atoms with Crippen molar-refractivity contribution >= 4 is 35.0 Å². The van der Waals surface area contributed by atoms with Crippen LogP contribution in [0, 0.1) is 19.7 Å². The highest BCUT2D eigenvalue weighted by Crippen LogP contribution is 2.24. The van der Waals surface area contributed by atoms with Crippen molar-refractivity contribution in [1.82, 2.24) is 9.55 Å². The van der Waals surface area contributed by atoms with Gasteiger partial charge in [-0.3, -0.25) is 9.36 Å². The van der Waals surface area contributed by atoms with Gasteiger partial charge in [-0.05, 0) is 43.7 Å². The van der Waals surface area contributed by atoms with Crippen molar-refractivity contribution in [1.29, 1.82) is 0 Å². The smallest absolute Gasteiger partial charge is 0.234 e. The van der Waals surface area contributed by atoms with Crippen LogP contribution in [-0.4, -0.2) is 21.2 Å². The van der Waals surface area contributed by atoms with Gasteiger partial charge >= 0.3 is 0 Å². The SMILES string of the molecule is Cc1ccc(-n2ccnc2SCC(=O)Nc2cc(Cl)ccc2F)c(C)c1. The number of anilines is 1. The van der Waals surface area contributed by atoms with E-state index in [-0.39, 0.29) is 17.3 Å². The number of carbonyl (C=O) groups excluding carboxylic acids is 1. The van der Waals surface area contributed by atoms with Gasteiger partial charge < -0.3 is 5.32 Å². The van der Waals surface area contributed by atoms with Crippen molar-refractivity contribution in [2.24, 2.45) is 0 Å². The summed E-state index contributed by atoms with van der Waals surface area (Å²) in [6.45, 7) is 4.07. The molecule has 2 aromatic carbocycles. The van der Waals surface area contributed by atoms with Crippen molar-refractivity contribution in [2.75, 3.05) is 11.1 Å². The molecular weight excluding hydrogens is 373 g/mol. The van der Waals surface area contributed by atoms with Crippen molar-refractivity contribution in [3.8, 4) is 5.69 Å². The molecule has 134 valence electrons. The molecule has 7 heteroatoms. The summed E-state index contributed by atoms with van der Waals surface area (Å²) >= 11 is 7.12. The van der Waals surface area contributed by atoms with Gasteiger partial charge in [0.05, 0.1) is 17.1 Å². The van der Waals surface area contributed by atoms with Gasteiger partial charge in [0.1, 0.15) is 5.82 Å². The van der Waals surface area contributed by atoms with E-state index in [0.717, 1.165) is 11.3 Å². The van der Waals surface area contributed by atoms with Crippen LogP contribution in [0.25, 0.3) is 5.69 Å². The Morgan fingerprint density at radius 2 is 2.08 bits per heavy atom. The first-order valence-corrected chi connectivity index (χ1v) is 9.29. The number of nitrogens with one attached hydrogen (secondary N) is 1. The standard InChI is InChI=1S/C19H17ClFN3OS/c1-12-3-6-17(13(2)9-12)24-8-7-22-19(24)26-11-18(25)23-16-10-14(20)4-5-15(16)21/h3-10H,11H2,1-2H3,(H,23,25). The molecule has 26 heavy (non-hydrogen) atoms. The summed E-state index contributed by atoms with van der Waals surface area (Å²) in [5.41, 5.74) is 3.39. The zero-order chi connectivity index (χ0) is 18.7. The van der Waals surface area contributed by atoms with E-state index in [1.54, 1.807) is 6.20 Å². The molecule has 1 heterocycles. The number of rotatable bonds is 5. The molecule has 0 saturated heterocycles. The quantitative estimate of drug-likeness (QED) is 0.624. The molecule has 0 fully saturated rings. The molecule has 1 N–H and O–H groups in total. The minimum Gasteiger partial charge on any atom is -0.323 e. The second kappa shape index (κ2) is 7.93. The average molecular weight is 390 g/mol. The lowest BCUT2D eigenvalue weighted by molar-refractivity contribution is -0.113. The normalized spacial score (nSPS) is 10.8. The lowest BCUT2D eigenvalue weighted by Gasteiger charge is -2.11. The van der Waals surface area contributed by atoms with Crippen LogP contribution in [0.4, 0.5) is 10.1 Å². The van der Waals surface area contributed by atoms with Crippen molar-refractivity contribution < 1.29 is 9.18 Å². The molecule has 0 aliphatic rings. The third-order valence-corrected chi connectivity index (χ3v) is 4.96. The highest BCUT2D eigenvalue weighted by Gasteiger charge is 2.12. The number of halogens is 2. The third-order valence-electron chi connectivity index (χ3n) is 3.75. The van der Waals surface area contributed by atoms with Crippen LogP contribution in [0.15, 0.2) is 53.9 Å². The number of carbonyl (C=O) groups is 1. The summed E-state index contributed by atoms with van der Waals surface area (Å²) in [6, 6.07) is 10.2. The Morgan fingerprint density at radius 3 is 2.85 bits per heavy atom. The van der Waals surface area contributed by atoms with E-state index >= 15 is 0 Å². The maximum Gasteiger partial charge on any atom is 0.234 e. The fourth-order valence-corrected chi connectivity index (χ4v) is 3.50. The number of thioether (sulfide) groups is 1. The predicted octanol–water partition coefficient (Wildman–Crippen LogP) is 5.01. The summed E-state index contributed by atoms with van der Waals surface area (Å²) in [5, 5.41) is 3.59. The second-order valence-electron chi connectivity index (χ2n) is 5.83. The highest BCUT2D eigenvalue weighted by molar-refractivity contribution is 7.99. The largest absolute Gasteiger partial charge is 0.323 e. The van der Waals surface area contributed by atoms with Crippen LogP contribution >= 0.6 is 23.4 Å². The number of hydrogen-bond acceptors (Lipinski definition) is 3. The average Bonchev–Trinajstić information content (AvgIpc) is 3.04. The third kappa shape index (κ3) is 4.26. The van der Waals surface area contributed by atoms with E-state index in [9.17, 15) is 9.18 Å². The minimum absolute atomic E-state index is 0.0702. The molecule has 0 spiro atoms. The van der Waals surface area contributed by atoms with Crippen LogP contribution < -0.4 is 5.32 Å². The lowest BCUT2D eigenvalue weighted by Crippen LogP contribution is -2.15. The van der Waals surface area contributed by atoms with E-state index in [0.29, 0.717) is 10.2 Å². The van der Waals surface area contributed by atoms with Crippen molar-refractivity contribution in [3.05, 3.63) is 70.8 Å². The molecular formula is C19H17ClFN3OS. The number of nitrogens with zero attached hydrogens (tertiary/aromatic N) is 2. The van der Waals surface area contributed by atoms with Gasteiger partial charge in [-0.25, -0.2) is 9.37 Å². The number of hydrogen-bond donors (Lipinski definition) is 1. The van der Waals surface area contributed by atoms with E-state index in [1.807, 2.05) is 36.7 Å². The zero-order valence-corrected chi connectivity index (χ0v) is 15.9. The summed E-state index contributed by atoms with van der Waals surface area (Å²) in [6.07, 6.45) is 3.55. The molecule has 0 saturated carbocycles. The number of imidazole rings is 1. The summed E-state index contributed by atoms with van der Waals surface area (Å²) in [5.74, 6) is -0.746. The number of aryl methyl sites for hydroxylation is 2. The van der Waals surface area contributed by atoms with E-state index in [4.69, 9.17) is 11.6 Å². The maximum atomic E-state index is 13.7. The Kier molecular flexibility index (Phi) is 5.64. The summed E-state index contributed by atoms with van der Waals surface area (Å²) in [4.78, 5) is 16.5. The first-order valence-electron chi connectivity index (χ1n) is 7.93. The van der Waals surface area contributed by atoms with Crippen molar-refractivity contribution in [2.45, 2.75) is 19.0 Å². The van der Waals surface area contributed by atoms with Gasteiger partial charge in [0, 0.05) is 17.4 Å². The van der Waals surface area contributed by atoms with E-state index in [1.165, 1.54) is 35.5 Å². The molecule has 1 amide bonds. The molecule has 0 aliphatic carbocycles. The van der Waals surface area contributed by atoms with Gasteiger partial charge in [0.15, 0.2) is 5.16 Å². The van der Waals surface area contributed by atoms with Crippen LogP contribution in [0.3, 0.4) is 0 Å². The monoisotopic (exact) mass is 389 g/mol. The molecule has 3 rings (SSSR count). The van der Waals surface area contributed by atoms with Gasteiger partial charge in [-0.15, -0.1) is 0 Å². The number of amides is 1. The maximum absolute atomic E-state index is 13.7. The van der Waals surface area contributed by atoms with E-state index < -0.39 is 5.82 Å². The Hall–Kier alpha value is -2.31. The molecule has 0 radical (unpaired) electrons. The molecule has 1 aromatic heterocycles. The molecule has 3 aromatic rings. The summed E-state index contributed by atoms with van der Waals surface area (Å²) < 4.78 is 15.6. The van der Waals surface area contributed by atoms with Crippen LogP contribution in [0.1, 0.15) is 11.1 Å². The molecule has 0 bridgehead atoms. The Morgan fingerprint density at radius 1 is 1.27 bits per heavy atom. The summed E-state index contributed by atoms with van der Waals surface area (Å²) in [7, 11) is 0. The van der Waals surface area contributed by atoms with Gasteiger partial charge in [-0.2, -0.15) is 0 Å². The lowest BCUT2D eigenvalue weighted by atomic mass is 10.1. The van der Waals surface area contributed by atoms with Gasteiger partial charge in [-0.1, -0.05) is 41.1 Å². The first kappa shape index (κ1) is 18.5. The Bertz CT molecular complexity index is 958. The Balaban J connectivity index is 1.70. The molecule has 4 nitrogen and oxygen atoms in total. The minimum atomic E-state index is -0.524. The van der Waals surface area contributed by atoms with E-state index in [2.05, 4.69) is 16.4 Å². The molecule has 0 atom stereocenters. The fraction of sp³-hybridized carbons (Fsp3) is 0.158. The molecule has 0 unspecified atom stereocenters. The fourth-order valence-electron chi connectivity index (χ4n) is 2.57. The van der Waals surface area contributed by atoms with Crippen molar-refractivity contribution in [3.63, 3.8) is 0 Å². The van der Waals surface area contributed by atoms with Crippen LogP contribution in [-0.2, 0) is 4.79 Å². The van der Waals surface area contributed by atoms with Gasteiger partial charge in [0.25, 0.3) is 0 Å². The Labute approximate surface area is 160 Å². The number of benzene rings is 2. The van der Waals surface area contributed by atoms with Gasteiger partial charge in [0.2, 0.25) is 5.91 Å². The first-order chi connectivity index (χ1) is 12.4. The predicted molar refractivity (Wildman–Crippen MR) is 104 cm³/mol. The molecule has 0 aliphatic heterocycles. The topological polar surface area (TPSA) is 46.9 Å². The van der Waals surface area contributed by atoms with Crippen LogP contribution in [0.2, 0.25) is 5.02 Å². The number of aromatic nitrogens is 2. The zero-order valence-electron chi connectivity index (χ0n) is 14.3. The second-order valence-corrected chi connectivity index (χ2v) is 7.21.